The zero-order valence-corrected chi connectivity index (χ0v) is 19.5. The van der Waals surface area contributed by atoms with Crippen molar-refractivity contribution in [2.24, 2.45) is 0 Å². The Balaban J connectivity index is 1.58. The van der Waals surface area contributed by atoms with Crippen LogP contribution in [0.3, 0.4) is 0 Å². The van der Waals surface area contributed by atoms with E-state index in [9.17, 15) is 0 Å². The maximum Gasteiger partial charge on any atom is 0.164 e. The molecular formula is C32H22N4. The fourth-order valence-corrected chi connectivity index (χ4v) is 4.19. The van der Waals surface area contributed by atoms with E-state index in [1.165, 1.54) is 0 Å². The first kappa shape index (κ1) is 21.6. The highest BCUT2D eigenvalue weighted by atomic mass is 15.0. The molecule has 0 N–H and O–H groups in total. The Morgan fingerprint density at radius 3 is 1.25 bits per heavy atom. The monoisotopic (exact) mass is 462 g/mol. The largest absolute Gasteiger partial charge is 0.264 e. The quantitative estimate of drug-likeness (QED) is 0.265. The van der Waals surface area contributed by atoms with Crippen molar-refractivity contribution in [3.8, 4) is 56.4 Å². The van der Waals surface area contributed by atoms with Crippen molar-refractivity contribution in [3.05, 3.63) is 134 Å². The summed E-state index contributed by atoms with van der Waals surface area (Å²) in [5, 5.41) is 0. The number of rotatable bonds is 5. The summed E-state index contributed by atoms with van der Waals surface area (Å²) in [6, 6.07) is 40.9. The Kier molecular flexibility index (Phi) is 5.83. The van der Waals surface area contributed by atoms with Gasteiger partial charge in [-0.05, 0) is 41.0 Å². The fourth-order valence-electron chi connectivity index (χ4n) is 4.19. The van der Waals surface area contributed by atoms with E-state index in [1.807, 2.05) is 79.0 Å². The normalized spacial score (nSPS) is 10.8. The average molecular weight is 463 g/mol. The molecular weight excluding hydrogens is 440 g/mol. The van der Waals surface area contributed by atoms with E-state index in [1.54, 1.807) is 6.20 Å². The molecule has 0 fully saturated rings. The smallest absolute Gasteiger partial charge is 0.164 e. The SMILES string of the molecule is c1ccc(-c2cc(-c3cccnc3)cc(-c3nc(-c4ccccc4)nc(-c4ccccc4)n3)c2)cc1. The van der Waals surface area contributed by atoms with E-state index in [2.05, 4.69) is 53.5 Å². The molecule has 4 heteroatoms. The van der Waals surface area contributed by atoms with Crippen molar-refractivity contribution < 1.29 is 0 Å². The first-order chi connectivity index (χ1) is 17.8. The second-order valence-corrected chi connectivity index (χ2v) is 8.45. The molecule has 0 aliphatic heterocycles. The molecule has 0 unspecified atom stereocenters. The molecule has 4 aromatic carbocycles. The number of pyridine rings is 1. The predicted molar refractivity (Wildman–Crippen MR) is 145 cm³/mol. The standard InChI is InChI=1S/C32H22N4/c1-4-11-23(12-5-1)27-19-28(26-17-10-18-33-22-26)21-29(20-27)32-35-30(24-13-6-2-7-14-24)34-31(36-32)25-15-8-3-9-16-25/h1-22H. The molecule has 2 aromatic heterocycles. The van der Waals surface area contributed by atoms with Gasteiger partial charge in [0.1, 0.15) is 0 Å². The van der Waals surface area contributed by atoms with Gasteiger partial charge in [-0.1, -0.05) is 97.1 Å². The van der Waals surface area contributed by atoms with Crippen LogP contribution < -0.4 is 0 Å². The van der Waals surface area contributed by atoms with E-state index in [4.69, 9.17) is 15.0 Å². The molecule has 170 valence electrons. The van der Waals surface area contributed by atoms with E-state index in [0.29, 0.717) is 17.5 Å². The van der Waals surface area contributed by atoms with E-state index < -0.39 is 0 Å². The Hall–Kier alpha value is -4.96. The van der Waals surface area contributed by atoms with Crippen molar-refractivity contribution in [1.29, 1.82) is 0 Å². The van der Waals surface area contributed by atoms with Crippen molar-refractivity contribution in [1.82, 2.24) is 19.9 Å². The number of hydrogen-bond donors (Lipinski definition) is 0. The molecule has 36 heavy (non-hydrogen) atoms. The average Bonchev–Trinajstić information content (AvgIpc) is 2.98. The highest BCUT2D eigenvalue weighted by molar-refractivity contribution is 5.80. The number of aromatic nitrogens is 4. The molecule has 0 atom stereocenters. The predicted octanol–water partition coefficient (Wildman–Crippen LogP) is 7.60. The van der Waals surface area contributed by atoms with Gasteiger partial charge in [-0.15, -0.1) is 0 Å². The van der Waals surface area contributed by atoms with Crippen LogP contribution in [0.5, 0.6) is 0 Å². The van der Waals surface area contributed by atoms with E-state index in [-0.39, 0.29) is 0 Å². The summed E-state index contributed by atoms with van der Waals surface area (Å²) in [7, 11) is 0. The molecule has 4 nitrogen and oxygen atoms in total. The van der Waals surface area contributed by atoms with Gasteiger partial charge in [-0.2, -0.15) is 0 Å². The van der Waals surface area contributed by atoms with Gasteiger partial charge >= 0.3 is 0 Å². The van der Waals surface area contributed by atoms with E-state index in [0.717, 1.165) is 38.9 Å². The third-order valence-corrected chi connectivity index (χ3v) is 5.99. The van der Waals surface area contributed by atoms with Crippen LogP contribution in [0.2, 0.25) is 0 Å². The molecule has 0 radical (unpaired) electrons. The first-order valence-corrected chi connectivity index (χ1v) is 11.8. The van der Waals surface area contributed by atoms with Crippen LogP contribution in [0.4, 0.5) is 0 Å². The lowest BCUT2D eigenvalue weighted by molar-refractivity contribution is 1.07. The molecule has 2 heterocycles. The van der Waals surface area contributed by atoms with Crippen molar-refractivity contribution in [2.75, 3.05) is 0 Å². The summed E-state index contributed by atoms with van der Waals surface area (Å²) < 4.78 is 0. The highest BCUT2D eigenvalue weighted by Crippen LogP contribution is 2.33. The minimum atomic E-state index is 0.630. The second-order valence-electron chi connectivity index (χ2n) is 8.45. The van der Waals surface area contributed by atoms with Crippen LogP contribution in [0.25, 0.3) is 56.4 Å². The zero-order valence-electron chi connectivity index (χ0n) is 19.5. The third-order valence-electron chi connectivity index (χ3n) is 5.99. The van der Waals surface area contributed by atoms with Crippen LogP contribution in [0.15, 0.2) is 134 Å². The fraction of sp³-hybridized carbons (Fsp3) is 0. The van der Waals surface area contributed by atoms with Crippen LogP contribution in [0.1, 0.15) is 0 Å². The minimum absolute atomic E-state index is 0.630. The van der Waals surface area contributed by atoms with Gasteiger partial charge in [0.25, 0.3) is 0 Å². The maximum absolute atomic E-state index is 4.93. The Morgan fingerprint density at radius 1 is 0.333 bits per heavy atom. The Bertz CT molecular complexity index is 1360. The third kappa shape index (κ3) is 4.52. The van der Waals surface area contributed by atoms with Gasteiger partial charge in [-0.25, -0.2) is 15.0 Å². The topological polar surface area (TPSA) is 51.6 Å². The molecule has 0 aliphatic rings. The molecule has 6 aromatic rings. The summed E-state index contributed by atoms with van der Waals surface area (Å²) in [6.45, 7) is 0. The highest BCUT2D eigenvalue weighted by Gasteiger charge is 2.14. The van der Waals surface area contributed by atoms with Gasteiger partial charge in [0, 0.05) is 34.6 Å². The van der Waals surface area contributed by atoms with Crippen LogP contribution in [0, 0.1) is 0 Å². The Labute approximate surface area is 210 Å². The van der Waals surface area contributed by atoms with E-state index >= 15 is 0 Å². The molecule has 0 saturated carbocycles. The first-order valence-electron chi connectivity index (χ1n) is 11.8. The number of nitrogens with zero attached hydrogens (tertiary/aromatic N) is 4. The van der Waals surface area contributed by atoms with Crippen LogP contribution >= 0.6 is 0 Å². The summed E-state index contributed by atoms with van der Waals surface area (Å²) in [5.41, 5.74) is 7.14. The molecule has 0 bridgehead atoms. The lowest BCUT2D eigenvalue weighted by atomic mass is 9.96. The molecule has 0 saturated heterocycles. The molecule has 6 rings (SSSR count). The lowest BCUT2D eigenvalue weighted by Crippen LogP contribution is -2.00. The van der Waals surface area contributed by atoms with Crippen molar-refractivity contribution >= 4 is 0 Å². The van der Waals surface area contributed by atoms with Gasteiger partial charge in [0.15, 0.2) is 17.5 Å². The summed E-state index contributed by atoms with van der Waals surface area (Å²) >= 11 is 0. The van der Waals surface area contributed by atoms with Gasteiger partial charge in [0.05, 0.1) is 0 Å². The summed E-state index contributed by atoms with van der Waals surface area (Å²) in [4.78, 5) is 19.0. The maximum atomic E-state index is 4.93. The molecule has 0 amide bonds. The van der Waals surface area contributed by atoms with Crippen LogP contribution in [-0.2, 0) is 0 Å². The number of hydrogen-bond acceptors (Lipinski definition) is 4. The zero-order chi connectivity index (χ0) is 24.2. The van der Waals surface area contributed by atoms with Crippen LogP contribution in [-0.4, -0.2) is 19.9 Å². The molecule has 0 spiro atoms. The summed E-state index contributed by atoms with van der Waals surface area (Å²) in [6.07, 6.45) is 3.67. The Morgan fingerprint density at radius 2 is 0.750 bits per heavy atom. The van der Waals surface area contributed by atoms with Gasteiger partial charge in [0.2, 0.25) is 0 Å². The summed E-state index contributed by atoms with van der Waals surface area (Å²) in [5.74, 6) is 1.92. The number of benzene rings is 4. The van der Waals surface area contributed by atoms with Crippen molar-refractivity contribution in [3.63, 3.8) is 0 Å². The molecule has 0 aliphatic carbocycles. The minimum Gasteiger partial charge on any atom is -0.264 e. The van der Waals surface area contributed by atoms with Gasteiger partial charge < -0.3 is 0 Å². The second kappa shape index (κ2) is 9.72. The van der Waals surface area contributed by atoms with Crippen molar-refractivity contribution in [2.45, 2.75) is 0 Å². The van der Waals surface area contributed by atoms with Gasteiger partial charge in [-0.3, -0.25) is 4.98 Å². The lowest BCUT2D eigenvalue weighted by Gasteiger charge is -2.12.